The SMILES string of the molecule is CC(C)(C)CC(=O)NC(CCC(=O)O)Cc1ccccc1. The molecule has 1 aromatic rings. The topological polar surface area (TPSA) is 66.4 Å². The van der Waals surface area contributed by atoms with Crippen LogP contribution in [0.3, 0.4) is 0 Å². The molecule has 0 aliphatic heterocycles. The van der Waals surface area contributed by atoms with E-state index < -0.39 is 5.97 Å². The number of aliphatic carboxylic acids is 1. The molecule has 1 aromatic carbocycles. The maximum Gasteiger partial charge on any atom is 0.303 e. The van der Waals surface area contributed by atoms with Crippen molar-refractivity contribution in [1.29, 1.82) is 0 Å². The van der Waals surface area contributed by atoms with Gasteiger partial charge in [-0.3, -0.25) is 9.59 Å². The monoisotopic (exact) mass is 291 g/mol. The molecule has 0 aromatic heterocycles. The first kappa shape index (κ1) is 17.2. The van der Waals surface area contributed by atoms with Crippen LogP contribution >= 0.6 is 0 Å². The summed E-state index contributed by atoms with van der Waals surface area (Å²) >= 11 is 0. The van der Waals surface area contributed by atoms with Crippen molar-refractivity contribution in [2.24, 2.45) is 5.41 Å². The normalized spacial score (nSPS) is 12.7. The fourth-order valence-electron chi connectivity index (χ4n) is 2.18. The van der Waals surface area contributed by atoms with Crippen molar-refractivity contribution in [2.45, 2.75) is 52.5 Å². The smallest absolute Gasteiger partial charge is 0.303 e. The number of carbonyl (C=O) groups is 2. The number of carboxylic acid groups (broad SMARTS) is 1. The molecule has 0 saturated heterocycles. The molecular weight excluding hydrogens is 266 g/mol. The van der Waals surface area contributed by atoms with Gasteiger partial charge in [0.15, 0.2) is 0 Å². The number of hydrogen-bond acceptors (Lipinski definition) is 2. The lowest BCUT2D eigenvalue weighted by Gasteiger charge is -2.22. The molecule has 4 heteroatoms. The second-order valence-electron chi connectivity index (χ2n) is 6.62. The molecule has 0 fully saturated rings. The standard InChI is InChI=1S/C17H25NO3/c1-17(2,3)12-15(19)18-14(9-10-16(20)21)11-13-7-5-4-6-8-13/h4-8,14H,9-12H2,1-3H3,(H,18,19)(H,20,21). The molecule has 1 atom stereocenters. The molecule has 0 aliphatic rings. The first-order valence-corrected chi connectivity index (χ1v) is 7.31. The van der Waals surface area contributed by atoms with Gasteiger partial charge in [0.1, 0.15) is 0 Å². The molecule has 0 bridgehead atoms. The number of carboxylic acids is 1. The van der Waals surface area contributed by atoms with Crippen LogP contribution in [0, 0.1) is 5.41 Å². The van der Waals surface area contributed by atoms with Gasteiger partial charge in [-0.25, -0.2) is 0 Å². The summed E-state index contributed by atoms with van der Waals surface area (Å²) in [6, 6.07) is 9.67. The Morgan fingerprint density at radius 2 is 1.81 bits per heavy atom. The van der Waals surface area contributed by atoms with Gasteiger partial charge in [-0.1, -0.05) is 51.1 Å². The van der Waals surface area contributed by atoms with Gasteiger partial charge in [0.2, 0.25) is 5.91 Å². The molecule has 0 heterocycles. The summed E-state index contributed by atoms with van der Waals surface area (Å²) in [6.45, 7) is 6.03. The van der Waals surface area contributed by atoms with E-state index in [0.717, 1.165) is 5.56 Å². The van der Waals surface area contributed by atoms with Crippen molar-refractivity contribution in [2.75, 3.05) is 0 Å². The molecule has 1 amide bonds. The third-order valence-electron chi connectivity index (χ3n) is 3.09. The molecule has 116 valence electrons. The average molecular weight is 291 g/mol. The molecule has 0 aliphatic carbocycles. The van der Waals surface area contributed by atoms with Crippen LogP contribution in [0.25, 0.3) is 0 Å². The fraction of sp³-hybridized carbons (Fsp3) is 0.529. The summed E-state index contributed by atoms with van der Waals surface area (Å²) < 4.78 is 0. The van der Waals surface area contributed by atoms with Crippen LogP contribution in [0.15, 0.2) is 30.3 Å². The highest BCUT2D eigenvalue weighted by molar-refractivity contribution is 5.77. The lowest BCUT2D eigenvalue weighted by Crippen LogP contribution is -2.38. The number of hydrogen-bond donors (Lipinski definition) is 2. The first-order chi connectivity index (χ1) is 9.76. The summed E-state index contributed by atoms with van der Waals surface area (Å²) in [4.78, 5) is 22.8. The van der Waals surface area contributed by atoms with E-state index in [1.165, 1.54) is 0 Å². The number of amides is 1. The maximum absolute atomic E-state index is 12.0. The minimum Gasteiger partial charge on any atom is -0.481 e. The van der Waals surface area contributed by atoms with Gasteiger partial charge in [0.05, 0.1) is 0 Å². The number of carbonyl (C=O) groups excluding carboxylic acids is 1. The van der Waals surface area contributed by atoms with Gasteiger partial charge >= 0.3 is 5.97 Å². The Morgan fingerprint density at radius 3 is 2.33 bits per heavy atom. The Kier molecular flexibility index (Phi) is 6.40. The van der Waals surface area contributed by atoms with Crippen LogP contribution in [0.2, 0.25) is 0 Å². The van der Waals surface area contributed by atoms with Crippen molar-refractivity contribution in [3.8, 4) is 0 Å². The van der Waals surface area contributed by atoms with Crippen LogP contribution < -0.4 is 5.32 Å². The van der Waals surface area contributed by atoms with Gasteiger partial charge < -0.3 is 10.4 Å². The van der Waals surface area contributed by atoms with E-state index in [4.69, 9.17) is 5.11 Å². The van der Waals surface area contributed by atoms with Crippen LogP contribution in [0.1, 0.15) is 45.6 Å². The zero-order valence-electron chi connectivity index (χ0n) is 13.1. The minimum atomic E-state index is -0.835. The van der Waals surface area contributed by atoms with Gasteiger partial charge in [-0.15, -0.1) is 0 Å². The molecule has 0 saturated carbocycles. The lowest BCUT2D eigenvalue weighted by molar-refractivity contribution is -0.137. The van der Waals surface area contributed by atoms with Crippen LogP contribution in [0.4, 0.5) is 0 Å². The second kappa shape index (κ2) is 7.81. The molecule has 2 N–H and O–H groups in total. The van der Waals surface area contributed by atoms with Gasteiger partial charge in [0.25, 0.3) is 0 Å². The summed E-state index contributed by atoms with van der Waals surface area (Å²) in [5.41, 5.74) is 1.03. The van der Waals surface area contributed by atoms with E-state index in [1.807, 2.05) is 51.1 Å². The number of nitrogens with one attached hydrogen (secondary N) is 1. The van der Waals surface area contributed by atoms with Crippen molar-refractivity contribution in [3.05, 3.63) is 35.9 Å². The van der Waals surface area contributed by atoms with E-state index in [-0.39, 0.29) is 23.8 Å². The third kappa shape index (κ3) is 8.12. The van der Waals surface area contributed by atoms with E-state index >= 15 is 0 Å². The van der Waals surface area contributed by atoms with Crippen molar-refractivity contribution in [1.82, 2.24) is 5.32 Å². The van der Waals surface area contributed by atoms with Gasteiger partial charge in [-0.2, -0.15) is 0 Å². The third-order valence-corrected chi connectivity index (χ3v) is 3.09. The highest BCUT2D eigenvalue weighted by atomic mass is 16.4. The first-order valence-electron chi connectivity index (χ1n) is 7.31. The molecule has 0 radical (unpaired) electrons. The van der Waals surface area contributed by atoms with Crippen LogP contribution in [0.5, 0.6) is 0 Å². The van der Waals surface area contributed by atoms with E-state index in [9.17, 15) is 9.59 Å². The van der Waals surface area contributed by atoms with Gasteiger partial charge in [0, 0.05) is 18.9 Å². The minimum absolute atomic E-state index is 0.0196. The quantitative estimate of drug-likeness (QED) is 0.811. The number of rotatable bonds is 7. The van der Waals surface area contributed by atoms with Crippen molar-refractivity contribution < 1.29 is 14.7 Å². The molecule has 21 heavy (non-hydrogen) atoms. The Hall–Kier alpha value is -1.84. The molecule has 4 nitrogen and oxygen atoms in total. The van der Waals surface area contributed by atoms with Crippen LogP contribution in [-0.2, 0) is 16.0 Å². The predicted molar refractivity (Wildman–Crippen MR) is 83.0 cm³/mol. The van der Waals surface area contributed by atoms with E-state index in [1.54, 1.807) is 0 Å². The van der Waals surface area contributed by atoms with Gasteiger partial charge in [-0.05, 0) is 23.8 Å². The van der Waals surface area contributed by atoms with E-state index in [2.05, 4.69) is 5.32 Å². The zero-order valence-corrected chi connectivity index (χ0v) is 13.1. The van der Waals surface area contributed by atoms with Crippen molar-refractivity contribution >= 4 is 11.9 Å². The highest BCUT2D eigenvalue weighted by Crippen LogP contribution is 2.18. The summed E-state index contributed by atoms with van der Waals surface area (Å²) in [6.07, 6.45) is 1.60. The molecule has 0 spiro atoms. The molecule has 1 unspecified atom stereocenters. The lowest BCUT2D eigenvalue weighted by atomic mass is 9.91. The van der Waals surface area contributed by atoms with E-state index in [0.29, 0.717) is 19.3 Å². The van der Waals surface area contributed by atoms with Crippen LogP contribution in [-0.4, -0.2) is 23.0 Å². The number of benzene rings is 1. The average Bonchev–Trinajstić information content (AvgIpc) is 2.34. The Morgan fingerprint density at radius 1 is 1.19 bits per heavy atom. The Bertz CT molecular complexity index is 463. The fourth-order valence-corrected chi connectivity index (χ4v) is 2.18. The van der Waals surface area contributed by atoms with Crippen molar-refractivity contribution in [3.63, 3.8) is 0 Å². The zero-order chi connectivity index (χ0) is 15.9. The largest absolute Gasteiger partial charge is 0.481 e. The summed E-state index contributed by atoms with van der Waals surface area (Å²) in [5, 5.41) is 11.8. The maximum atomic E-state index is 12.0. The summed E-state index contributed by atoms with van der Waals surface area (Å²) in [5.74, 6) is -0.855. The summed E-state index contributed by atoms with van der Waals surface area (Å²) in [7, 11) is 0. The molecule has 1 rings (SSSR count). The Labute approximate surface area is 126 Å². The molecular formula is C17H25NO3. The second-order valence-corrected chi connectivity index (χ2v) is 6.62. The highest BCUT2D eigenvalue weighted by Gasteiger charge is 2.19. The Balaban J connectivity index is 2.63. The predicted octanol–water partition coefficient (Wildman–Crippen LogP) is 3.01.